The zero-order valence-corrected chi connectivity index (χ0v) is 17.6. The average molecular weight is 347 g/mol. The van der Waals surface area contributed by atoms with Crippen molar-refractivity contribution in [3.8, 4) is 0 Å². The van der Waals surface area contributed by atoms with Gasteiger partial charge in [0.2, 0.25) is 0 Å². The maximum Gasteiger partial charge on any atom is 0.143 e. The largest absolute Gasteiger partial charge is 0.299 e. The number of rotatable bonds is 13. The van der Waals surface area contributed by atoms with Gasteiger partial charge in [-0.05, 0) is 24.7 Å². The van der Waals surface area contributed by atoms with Crippen molar-refractivity contribution in [2.75, 3.05) is 0 Å². The van der Waals surface area contributed by atoms with Crippen molar-refractivity contribution in [1.29, 1.82) is 0 Å². The highest BCUT2D eigenvalue weighted by Gasteiger charge is 2.40. The van der Waals surface area contributed by atoms with Gasteiger partial charge < -0.3 is 0 Å². The van der Waals surface area contributed by atoms with Gasteiger partial charge in [0, 0.05) is 6.42 Å². The van der Waals surface area contributed by atoms with Crippen LogP contribution in [0.2, 0.25) is 0 Å². The minimum absolute atomic E-state index is 0.255. The first kappa shape index (κ1) is 22.2. The van der Waals surface area contributed by atoms with Crippen LogP contribution in [0.15, 0.2) is 23.8 Å². The Balaban J connectivity index is 2.36. The van der Waals surface area contributed by atoms with Crippen LogP contribution in [0.4, 0.5) is 0 Å². The SMILES string of the molecule is CCCCCCCCCCCC(=O)C1(C(C)C)C=CC=C(C(C)C)C1. The van der Waals surface area contributed by atoms with E-state index in [2.05, 4.69) is 52.8 Å². The van der Waals surface area contributed by atoms with E-state index in [9.17, 15) is 4.79 Å². The molecule has 0 N–H and O–H groups in total. The number of ketones is 1. The molecule has 0 aromatic rings. The molecule has 0 saturated carbocycles. The number of unbranched alkanes of at least 4 members (excludes halogenated alkanes) is 8. The van der Waals surface area contributed by atoms with E-state index in [0.29, 0.717) is 17.6 Å². The predicted octanol–water partition coefficient (Wildman–Crippen LogP) is 7.66. The van der Waals surface area contributed by atoms with Crippen LogP contribution < -0.4 is 0 Å². The minimum atomic E-state index is -0.255. The zero-order valence-electron chi connectivity index (χ0n) is 17.6. The van der Waals surface area contributed by atoms with Gasteiger partial charge in [-0.3, -0.25) is 4.79 Å². The van der Waals surface area contributed by atoms with Crippen molar-refractivity contribution < 1.29 is 4.79 Å². The van der Waals surface area contributed by atoms with Crippen LogP contribution in [0.25, 0.3) is 0 Å². The fraction of sp³-hybridized carbons (Fsp3) is 0.792. The number of hydrogen-bond donors (Lipinski definition) is 0. The molecule has 0 spiro atoms. The number of hydrogen-bond acceptors (Lipinski definition) is 1. The van der Waals surface area contributed by atoms with Crippen LogP contribution >= 0.6 is 0 Å². The molecule has 1 heteroatoms. The molecule has 0 heterocycles. The summed E-state index contributed by atoms with van der Waals surface area (Å²) >= 11 is 0. The summed E-state index contributed by atoms with van der Waals surface area (Å²) in [7, 11) is 0. The summed E-state index contributed by atoms with van der Waals surface area (Å²) in [6.45, 7) is 11.2. The summed E-state index contributed by atoms with van der Waals surface area (Å²) < 4.78 is 0. The van der Waals surface area contributed by atoms with E-state index < -0.39 is 0 Å². The molecular formula is C24H42O. The van der Waals surface area contributed by atoms with Gasteiger partial charge in [0.1, 0.15) is 5.78 Å². The van der Waals surface area contributed by atoms with Gasteiger partial charge in [-0.1, -0.05) is 110 Å². The lowest BCUT2D eigenvalue weighted by molar-refractivity contribution is -0.128. The minimum Gasteiger partial charge on any atom is -0.299 e. The summed E-state index contributed by atoms with van der Waals surface area (Å²) in [5.41, 5.74) is 1.17. The molecule has 1 unspecified atom stereocenters. The van der Waals surface area contributed by atoms with Gasteiger partial charge in [-0.25, -0.2) is 0 Å². The van der Waals surface area contributed by atoms with Gasteiger partial charge in [-0.2, -0.15) is 0 Å². The molecule has 0 aromatic heterocycles. The van der Waals surface area contributed by atoms with E-state index in [1.807, 2.05) is 0 Å². The highest BCUT2D eigenvalue weighted by Crippen LogP contribution is 2.42. The lowest BCUT2D eigenvalue weighted by atomic mass is 9.65. The second-order valence-corrected chi connectivity index (χ2v) is 8.63. The van der Waals surface area contributed by atoms with E-state index in [4.69, 9.17) is 0 Å². The molecule has 1 atom stereocenters. The quantitative estimate of drug-likeness (QED) is 0.313. The van der Waals surface area contributed by atoms with Crippen molar-refractivity contribution in [2.45, 2.75) is 105 Å². The maximum atomic E-state index is 13.1. The second kappa shape index (κ2) is 11.7. The highest BCUT2D eigenvalue weighted by atomic mass is 16.1. The predicted molar refractivity (Wildman–Crippen MR) is 111 cm³/mol. The van der Waals surface area contributed by atoms with Crippen LogP contribution in [-0.4, -0.2) is 5.78 Å². The Labute approximate surface area is 157 Å². The van der Waals surface area contributed by atoms with Gasteiger partial charge in [0.25, 0.3) is 0 Å². The average Bonchev–Trinajstić information content (AvgIpc) is 2.59. The van der Waals surface area contributed by atoms with Gasteiger partial charge in [0.05, 0.1) is 5.41 Å². The molecule has 0 bridgehead atoms. The van der Waals surface area contributed by atoms with Crippen molar-refractivity contribution >= 4 is 5.78 Å². The Morgan fingerprint density at radius 3 is 2.04 bits per heavy atom. The van der Waals surface area contributed by atoms with E-state index >= 15 is 0 Å². The van der Waals surface area contributed by atoms with E-state index in [1.54, 1.807) is 0 Å². The number of carbonyl (C=O) groups excluding carboxylic acids is 1. The Morgan fingerprint density at radius 2 is 1.52 bits per heavy atom. The lowest BCUT2D eigenvalue weighted by Gasteiger charge is -2.37. The molecule has 0 radical (unpaired) electrons. The standard InChI is InChI=1S/C24H42O/c1-6-7-8-9-10-11-12-13-14-17-23(25)24(21(4)5)18-15-16-22(19-24)20(2)3/h15-16,18,20-21H,6-14,17,19H2,1-5H3. The van der Waals surface area contributed by atoms with E-state index in [1.165, 1.54) is 56.9 Å². The Morgan fingerprint density at radius 1 is 0.960 bits per heavy atom. The van der Waals surface area contributed by atoms with E-state index in [0.717, 1.165) is 19.3 Å². The molecule has 144 valence electrons. The Hall–Kier alpha value is -0.850. The molecule has 0 aliphatic heterocycles. The summed E-state index contributed by atoms with van der Waals surface area (Å²) in [5.74, 6) is 1.37. The van der Waals surface area contributed by atoms with Crippen molar-refractivity contribution in [3.05, 3.63) is 23.8 Å². The first-order valence-electron chi connectivity index (χ1n) is 10.9. The third-order valence-corrected chi connectivity index (χ3v) is 6.00. The van der Waals surface area contributed by atoms with Gasteiger partial charge in [-0.15, -0.1) is 0 Å². The van der Waals surface area contributed by atoms with Crippen LogP contribution in [0, 0.1) is 17.3 Å². The molecule has 1 rings (SSSR count). The molecule has 1 aliphatic rings. The summed E-state index contributed by atoms with van der Waals surface area (Å²) in [6.07, 6.45) is 20.0. The molecule has 1 aliphatic carbocycles. The molecular weight excluding hydrogens is 304 g/mol. The fourth-order valence-corrected chi connectivity index (χ4v) is 3.93. The smallest absolute Gasteiger partial charge is 0.143 e. The maximum absolute atomic E-state index is 13.1. The van der Waals surface area contributed by atoms with E-state index in [-0.39, 0.29) is 5.41 Å². The number of Topliss-reactive ketones (excluding diaryl/α,β-unsaturated/α-hetero) is 1. The second-order valence-electron chi connectivity index (χ2n) is 8.63. The van der Waals surface area contributed by atoms with Gasteiger partial charge in [0.15, 0.2) is 0 Å². The van der Waals surface area contributed by atoms with Crippen molar-refractivity contribution in [1.82, 2.24) is 0 Å². The van der Waals surface area contributed by atoms with Crippen LogP contribution in [0.5, 0.6) is 0 Å². The van der Waals surface area contributed by atoms with Crippen LogP contribution in [0.3, 0.4) is 0 Å². The van der Waals surface area contributed by atoms with Crippen LogP contribution in [0.1, 0.15) is 105 Å². The lowest BCUT2D eigenvalue weighted by Crippen LogP contribution is -2.36. The molecule has 25 heavy (non-hydrogen) atoms. The summed E-state index contributed by atoms with van der Waals surface area (Å²) in [4.78, 5) is 13.1. The highest BCUT2D eigenvalue weighted by molar-refractivity contribution is 5.87. The number of carbonyl (C=O) groups is 1. The van der Waals surface area contributed by atoms with Crippen LogP contribution in [-0.2, 0) is 4.79 Å². The molecule has 0 saturated heterocycles. The zero-order chi connectivity index (χ0) is 18.7. The Bertz CT molecular complexity index is 441. The molecule has 0 amide bonds. The molecule has 1 nitrogen and oxygen atoms in total. The topological polar surface area (TPSA) is 17.1 Å². The van der Waals surface area contributed by atoms with Crippen molar-refractivity contribution in [3.63, 3.8) is 0 Å². The van der Waals surface area contributed by atoms with Gasteiger partial charge >= 0.3 is 0 Å². The first-order chi connectivity index (χ1) is 11.9. The van der Waals surface area contributed by atoms with Crippen molar-refractivity contribution in [2.24, 2.45) is 17.3 Å². The Kier molecular flexibility index (Phi) is 10.4. The summed E-state index contributed by atoms with van der Waals surface area (Å²) in [5, 5.41) is 0. The first-order valence-corrected chi connectivity index (χ1v) is 10.9. The monoisotopic (exact) mass is 346 g/mol. The normalized spacial score (nSPS) is 20.4. The molecule has 0 fully saturated rings. The summed E-state index contributed by atoms with van der Waals surface area (Å²) in [6, 6.07) is 0. The third kappa shape index (κ3) is 7.12. The third-order valence-electron chi connectivity index (χ3n) is 6.00. The molecule has 0 aromatic carbocycles. The fourth-order valence-electron chi connectivity index (χ4n) is 3.93. The number of allylic oxidation sites excluding steroid dienone is 4.